The fraction of sp³-hybridized carbons (Fsp3) is 0.625. The quantitative estimate of drug-likeness (QED) is 0.661. The Labute approximate surface area is 122 Å². The van der Waals surface area contributed by atoms with Crippen LogP contribution in [0.4, 0.5) is 0 Å². The molecule has 1 N–H and O–H groups in total. The van der Waals surface area contributed by atoms with Gasteiger partial charge in [0.25, 0.3) is 0 Å². The Morgan fingerprint density at radius 1 is 1.21 bits per heavy atom. The molecule has 2 nitrogen and oxygen atoms in total. The Kier molecular flexibility index (Phi) is 8.97. The van der Waals surface area contributed by atoms with Gasteiger partial charge in [-0.25, -0.2) is 0 Å². The molecule has 0 heterocycles. The summed E-state index contributed by atoms with van der Waals surface area (Å²) in [6, 6.07) is 9.48. The predicted octanol–water partition coefficient (Wildman–Crippen LogP) is 3.67. The minimum atomic E-state index is 0.462. The number of rotatable bonds is 10. The van der Waals surface area contributed by atoms with Crippen molar-refractivity contribution in [3.8, 4) is 0 Å². The average Bonchev–Trinajstić information content (AvgIpc) is 2.46. The first-order valence-electron chi connectivity index (χ1n) is 7.20. The zero-order valence-electron chi connectivity index (χ0n) is 12.4. The van der Waals surface area contributed by atoms with Crippen molar-refractivity contribution in [1.29, 1.82) is 0 Å². The van der Waals surface area contributed by atoms with Gasteiger partial charge in [0.05, 0.1) is 0 Å². The van der Waals surface area contributed by atoms with Gasteiger partial charge in [-0.05, 0) is 36.3 Å². The minimum absolute atomic E-state index is 0.462. The fourth-order valence-corrected chi connectivity index (χ4v) is 3.05. The molecule has 1 atom stereocenters. The lowest BCUT2D eigenvalue weighted by molar-refractivity contribution is 0.200. The Morgan fingerprint density at radius 2 is 1.95 bits per heavy atom. The summed E-state index contributed by atoms with van der Waals surface area (Å²) >= 11 is 2.00. The molecule has 0 spiro atoms. The monoisotopic (exact) mass is 281 g/mol. The molecule has 1 aromatic rings. The van der Waals surface area contributed by atoms with E-state index in [0.29, 0.717) is 6.04 Å². The van der Waals surface area contributed by atoms with Crippen molar-refractivity contribution in [1.82, 2.24) is 5.32 Å². The maximum Gasteiger partial charge on any atom is 0.0470 e. The molecule has 108 valence electrons. The van der Waals surface area contributed by atoms with Crippen LogP contribution in [0, 0.1) is 0 Å². The lowest BCUT2D eigenvalue weighted by Gasteiger charge is -2.18. The van der Waals surface area contributed by atoms with Gasteiger partial charge >= 0.3 is 0 Å². The van der Waals surface area contributed by atoms with E-state index < -0.39 is 0 Å². The van der Waals surface area contributed by atoms with Crippen LogP contribution in [0.1, 0.15) is 37.4 Å². The first kappa shape index (κ1) is 16.5. The topological polar surface area (TPSA) is 21.3 Å². The lowest BCUT2D eigenvalue weighted by atomic mass is 10.1. The molecule has 0 amide bonds. The van der Waals surface area contributed by atoms with Crippen molar-refractivity contribution in [2.45, 2.75) is 32.7 Å². The van der Waals surface area contributed by atoms with Crippen LogP contribution >= 0.6 is 11.8 Å². The fourth-order valence-electron chi connectivity index (χ4n) is 2.01. The van der Waals surface area contributed by atoms with Gasteiger partial charge in [0, 0.05) is 25.5 Å². The third-order valence-corrected chi connectivity index (χ3v) is 4.31. The highest BCUT2D eigenvalue weighted by Gasteiger charge is 2.09. The highest BCUT2D eigenvalue weighted by molar-refractivity contribution is 7.99. The summed E-state index contributed by atoms with van der Waals surface area (Å²) in [5.74, 6) is 2.30. The maximum absolute atomic E-state index is 5.08. The molecule has 0 aliphatic heterocycles. The second-order valence-electron chi connectivity index (χ2n) is 4.63. The molecule has 0 aliphatic rings. The van der Waals surface area contributed by atoms with E-state index in [9.17, 15) is 0 Å². The molecule has 0 saturated heterocycles. The highest BCUT2D eigenvalue weighted by Crippen LogP contribution is 2.19. The van der Waals surface area contributed by atoms with E-state index in [0.717, 1.165) is 31.7 Å². The number of methoxy groups -OCH3 is 1. The van der Waals surface area contributed by atoms with Crippen LogP contribution in [0.3, 0.4) is 0 Å². The molecule has 0 radical (unpaired) electrons. The Balaban J connectivity index is 2.45. The predicted molar refractivity (Wildman–Crippen MR) is 86.1 cm³/mol. The first-order chi connectivity index (χ1) is 9.31. The average molecular weight is 281 g/mol. The number of aryl methyl sites for hydroxylation is 1. The zero-order chi connectivity index (χ0) is 13.9. The molecule has 3 heteroatoms. The van der Waals surface area contributed by atoms with Crippen molar-refractivity contribution >= 4 is 11.8 Å². The summed E-state index contributed by atoms with van der Waals surface area (Å²) in [6.45, 7) is 6.24. The van der Waals surface area contributed by atoms with E-state index in [-0.39, 0.29) is 0 Å². The standard InChI is InChI=1S/C16H27NOS/c1-4-14-7-9-15(10-8-14)16(17-5-2)13-19-12-6-11-18-3/h7-10,16-17H,4-6,11-13H2,1-3H3. The lowest BCUT2D eigenvalue weighted by Crippen LogP contribution is -2.23. The van der Waals surface area contributed by atoms with Crippen LogP contribution in [-0.2, 0) is 11.2 Å². The number of ether oxygens (including phenoxy) is 1. The molecule has 0 aliphatic carbocycles. The molecule has 0 saturated carbocycles. The normalized spacial score (nSPS) is 12.6. The third kappa shape index (κ3) is 6.46. The molecule has 1 rings (SSSR count). The van der Waals surface area contributed by atoms with Crippen LogP contribution in [0.2, 0.25) is 0 Å². The van der Waals surface area contributed by atoms with E-state index in [2.05, 4.69) is 43.4 Å². The van der Waals surface area contributed by atoms with Crippen LogP contribution in [0.5, 0.6) is 0 Å². The summed E-state index contributed by atoms with van der Waals surface area (Å²) in [4.78, 5) is 0. The van der Waals surface area contributed by atoms with E-state index in [1.165, 1.54) is 16.9 Å². The van der Waals surface area contributed by atoms with Gasteiger partial charge in [-0.15, -0.1) is 0 Å². The molecule has 0 aromatic heterocycles. The van der Waals surface area contributed by atoms with Crippen molar-refractivity contribution in [3.05, 3.63) is 35.4 Å². The van der Waals surface area contributed by atoms with Crippen molar-refractivity contribution in [2.24, 2.45) is 0 Å². The van der Waals surface area contributed by atoms with E-state index in [4.69, 9.17) is 4.74 Å². The van der Waals surface area contributed by atoms with E-state index in [1.54, 1.807) is 7.11 Å². The summed E-state index contributed by atoms with van der Waals surface area (Å²) in [5, 5.41) is 3.58. The van der Waals surface area contributed by atoms with Crippen molar-refractivity contribution in [3.63, 3.8) is 0 Å². The highest BCUT2D eigenvalue weighted by atomic mass is 32.2. The molecule has 0 bridgehead atoms. The second-order valence-corrected chi connectivity index (χ2v) is 5.78. The first-order valence-corrected chi connectivity index (χ1v) is 8.36. The van der Waals surface area contributed by atoms with Gasteiger partial charge in [-0.1, -0.05) is 38.1 Å². The van der Waals surface area contributed by atoms with Gasteiger partial charge in [-0.2, -0.15) is 11.8 Å². The third-order valence-electron chi connectivity index (χ3n) is 3.16. The van der Waals surface area contributed by atoms with Gasteiger partial charge in [-0.3, -0.25) is 0 Å². The molecule has 1 unspecified atom stereocenters. The number of benzene rings is 1. The summed E-state index contributed by atoms with van der Waals surface area (Å²) in [6.07, 6.45) is 2.24. The Bertz CT molecular complexity index is 326. The van der Waals surface area contributed by atoms with Crippen molar-refractivity contribution in [2.75, 3.05) is 31.8 Å². The SMILES string of the molecule is CCNC(CSCCCOC)c1ccc(CC)cc1. The van der Waals surface area contributed by atoms with Gasteiger partial charge < -0.3 is 10.1 Å². The Morgan fingerprint density at radius 3 is 2.53 bits per heavy atom. The second kappa shape index (κ2) is 10.3. The van der Waals surface area contributed by atoms with E-state index >= 15 is 0 Å². The van der Waals surface area contributed by atoms with Crippen LogP contribution < -0.4 is 5.32 Å². The van der Waals surface area contributed by atoms with Gasteiger partial charge in [0.1, 0.15) is 0 Å². The molecule has 1 aromatic carbocycles. The molecular formula is C16H27NOS. The van der Waals surface area contributed by atoms with Crippen LogP contribution in [-0.4, -0.2) is 31.8 Å². The number of hydrogen-bond donors (Lipinski definition) is 1. The molecule has 0 fully saturated rings. The maximum atomic E-state index is 5.08. The minimum Gasteiger partial charge on any atom is -0.385 e. The van der Waals surface area contributed by atoms with Gasteiger partial charge in [0.15, 0.2) is 0 Å². The van der Waals surface area contributed by atoms with Crippen LogP contribution in [0.15, 0.2) is 24.3 Å². The Hall–Kier alpha value is -0.510. The van der Waals surface area contributed by atoms with E-state index in [1.807, 2.05) is 11.8 Å². The number of thioether (sulfide) groups is 1. The summed E-state index contributed by atoms with van der Waals surface area (Å²) in [7, 11) is 1.77. The number of hydrogen-bond acceptors (Lipinski definition) is 3. The van der Waals surface area contributed by atoms with Crippen molar-refractivity contribution < 1.29 is 4.74 Å². The molecular weight excluding hydrogens is 254 g/mol. The van der Waals surface area contributed by atoms with Crippen LogP contribution in [0.25, 0.3) is 0 Å². The smallest absolute Gasteiger partial charge is 0.0470 e. The largest absolute Gasteiger partial charge is 0.385 e. The zero-order valence-corrected chi connectivity index (χ0v) is 13.3. The number of nitrogens with one attached hydrogen (secondary N) is 1. The summed E-state index contributed by atoms with van der Waals surface area (Å²) in [5.41, 5.74) is 2.81. The summed E-state index contributed by atoms with van der Waals surface area (Å²) < 4.78 is 5.08. The van der Waals surface area contributed by atoms with Gasteiger partial charge in [0.2, 0.25) is 0 Å². The molecule has 19 heavy (non-hydrogen) atoms.